The molecule has 1 aromatic rings. The quantitative estimate of drug-likeness (QED) is 0.741. The first-order valence-electron chi connectivity index (χ1n) is 5.21. The maximum atomic E-state index is 3.85. The Morgan fingerprint density at radius 2 is 1.87 bits per heavy atom. The Bertz CT molecular complexity index is 312. The van der Waals surface area contributed by atoms with Crippen molar-refractivity contribution < 1.29 is 0 Å². The molecule has 1 N–H and O–H groups in total. The van der Waals surface area contributed by atoms with Gasteiger partial charge in [0.05, 0.1) is 0 Å². The Kier molecular flexibility index (Phi) is 4.37. The van der Waals surface area contributed by atoms with E-state index in [0.29, 0.717) is 0 Å². The summed E-state index contributed by atoms with van der Waals surface area (Å²) in [5.41, 5.74) is 3.71. The molecule has 1 aromatic carbocycles. The van der Waals surface area contributed by atoms with Gasteiger partial charge in [-0.3, -0.25) is 0 Å². The van der Waals surface area contributed by atoms with E-state index in [1.54, 1.807) is 0 Å². The van der Waals surface area contributed by atoms with E-state index in [-0.39, 0.29) is 0 Å². The predicted octanol–water partition coefficient (Wildman–Crippen LogP) is 2.42. The summed E-state index contributed by atoms with van der Waals surface area (Å²) in [6.07, 6.45) is 0. The van der Waals surface area contributed by atoms with Crippen LogP contribution in [0.3, 0.4) is 0 Å². The number of hydrogen-bond acceptors (Lipinski definition) is 2. The van der Waals surface area contributed by atoms with E-state index in [0.717, 1.165) is 13.1 Å². The Morgan fingerprint density at radius 3 is 2.33 bits per heavy atom. The van der Waals surface area contributed by atoms with Crippen LogP contribution in [0.1, 0.15) is 12.5 Å². The molecule has 2 nitrogen and oxygen atoms in total. The molecule has 0 radical (unpaired) electrons. The Morgan fingerprint density at radius 1 is 1.27 bits per heavy atom. The van der Waals surface area contributed by atoms with E-state index < -0.39 is 0 Å². The zero-order valence-corrected chi connectivity index (χ0v) is 9.88. The molecule has 82 valence electrons. The topological polar surface area (TPSA) is 15.3 Å². The van der Waals surface area contributed by atoms with E-state index in [2.05, 4.69) is 41.1 Å². The van der Waals surface area contributed by atoms with E-state index in [4.69, 9.17) is 0 Å². The summed E-state index contributed by atoms with van der Waals surface area (Å²) in [6, 6.07) is 8.58. The molecule has 0 heterocycles. The van der Waals surface area contributed by atoms with Crippen molar-refractivity contribution in [3.8, 4) is 0 Å². The summed E-state index contributed by atoms with van der Waals surface area (Å²) in [5, 5.41) is 3.34. The first-order chi connectivity index (χ1) is 7.09. The lowest BCUT2D eigenvalue weighted by molar-refractivity contribution is 0.741. The highest BCUT2D eigenvalue weighted by atomic mass is 15.1. The number of rotatable bonds is 5. The third kappa shape index (κ3) is 4.17. The van der Waals surface area contributed by atoms with Crippen molar-refractivity contribution in [1.29, 1.82) is 0 Å². The number of nitrogens with one attached hydrogen (secondary N) is 1. The summed E-state index contributed by atoms with van der Waals surface area (Å²) in [6.45, 7) is 7.67. The number of benzene rings is 1. The highest BCUT2D eigenvalue weighted by Crippen LogP contribution is 2.11. The Labute approximate surface area is 92.6 Å². The van der Waals surface area contributed by atoms with E-state index in [9.17, 15) is 0 Å². The highest BCUT2D eigenvalue weighted by molar-refractivity contribution is 5.45. The van der Waals surface area contributed by atoms with Gasteiger partial charge in [0.2, 0.25) is 0 Å². The minimum Gasteiger partial charge on any atom is -0.378 e. The molecule has 0 unspecified atom stereocenters. The van der Waals surface area contributed by atoms with Crippen LogP contribution in [0, 0.1) is 0 Å². The van der Waals surface area contributed by atoms with Crippen LogP contribution in [0.25, 0.3) is 0 Å². The minimum atomic E-state index is 0.884. The molecule has 0 bridgehead atoms. The van der Waals surface area contributed by atoms with Crippen LogP contribution in [0.4, 0.5) is 5.69 Å². The largest absolute Gasteiger partial charge is 0.378 e. The number of hydrogen-bond donors (Lipinski definition) is 1. The van der Waals surface area contributed by atoms with Gasteiger partial charge in [-0.15, -0.1) is 0 Å². The van der Waals surface area contributed by atoms with Crippen LogP contribution >= 0.6 is 0 Å². The maximum absolute atomic E-state index is 3.85. The monoisotopic (exact) mass is 204 g/mol. The summed E-state index contributed by atoms with van der Waals surface area (Å²) in [4.78, 5) is 2.10. The fraction of sp³-hybridized carbons (Fsp3) is 0.385. The van der Waals surface area contributed by atoms with Crippen molar-refractivity contribution in [3.63, 3.8) is 0 Å². The van der Waals surface area contributed by atoms with Gasteiger partial charge in [0.25, 0.3) is 0 Å². The van der Waals surface area contributed by atoms with Crippen molar-refractivity contribution in [3.05, 3.63) is 42.0 Å². The molecule has 1 rings (SSSR count). The molecule has 0 aliphatic carbocycles. The molecule has 2 heteroatoms. The standard InChI is InChI=1S/C13H20N2/c1-11(2)9-14-10-12-5-7-13(8-6-12)15(3)4/h5-8,14H,1,9-10H2,2-4H3. The van der Waals surface area contributed by atoms with Gasteiger partial charge in [-0.2, -0.15) is 0 Å². The SMILES string of the molecule is C=C(C)CNCc1ccc(N(C)C)cc1. The van der Waals surface area contributed by atoms with E-state index in [1.165, 1.54) is 16.8 Å². The minimum absolute atomic E-state index is 0.884. The van der Waals surface area contributed by atoms with Crippen LogP contribution in [-0.2, 0) is 6.54 Å². The zero-order chi connectivity index (χ0) is 11.3. The van der Waals surface area contributed by atoms with Gasteiger partial charge in [-0.1, -0.05) is 24.3 Å². The lowest BCUT2D eigenvalue weighted by Gasteiger charge is -2.12. The van der Waals surface area contributed by atoms with Gasteiger partial charge in [0.1, 0.15) is 0 Å². The highest BCUT2D eigenvalue weighted by Gasteiger charge is 1.95. The summed E-state index contributed by atoms with van der Waals surface area (Å²) in [5.74, 6) is 0. The molecular weight excluding hydrogens is 184 g/mol. The van der Waals surface area contributed by atoms with E-state index >= 15 is 0 Å². The smallest absolute Gasteiger partial charge is 0.0361 e. The van der Waals surface area contributed by atoms with Crippen molar-refractivity contribution >= 4 is 5.69 Å². The van der Waals surface area contributed by atoms with Crippen molar-refractivity contribution in [2.75, 3.05) is 25.5 Å². The van der Waals surface area contributed by atoms with Crippen LogP contribution in [-0.4, -0.2) is 20.6 Å². The molecule has 0 fully saturated rings. The molecule has 0 aromatic heterocycles. The molecule has 0 saturated carbocycles. The molecular formula is C13H20N2. The lowest BCUT2D eigenvalue weighted by Crippen LogP contribution is -2.15. The second kappa shape index (κ2) is 5.56. The molecule has 0 amide bonds. The molecule has 0 spiro atoms. The molecule has 0 aliphatic heterocycles. The molecule has 15 heavy (non-hydrogen) atoms. The average Bonchev–Trinajstić information content (AvgIpc) is 2.18. The van der Waals surface area contributed by atoms with Gasteiger partial charge in [0.15, 0.2) is 0 Å². The fourth-order valence-corrected chi connectivity index (χ4v) is 1.33. The van der Waals surface area contributed by atoms with Crippen molar-refractivity contribution in [1.82, 2.24) is 5.32 Å². The second-order valence-electron chi connectivity index (χ2n) is 4.12. The summed E-state index contributed by atoms with van der Waals surface area (Å²) >= 11 is 0. The van der Waals surface area contributed by atoms with Crippen LogP contribution in [0.5, 0.6) is 0 Å². The Balaban J connectivity index is 2.46. The first kappa shape index (κ1) is 11.8. The maximum Gasteiger partial charge on any atom is 0.0361 e. The van der Waals surface area contributed by atoms with Crippen LogP contribution in [0.2, 0.25) is 0 Å². The predicted molar refractivity (Wildman–Crippen MR) is 67.3 cm³/mol. The Hall–Kier alpha value is -1.28. The summed E-state index contributed by atoms with van der Waals surface area (Å²) < 4.78 is 0. The van der Waals surface area contributed by atoms with Gasteiger partial charge in [-0.25, -0.2) is 0 Å². The first-order valence-corrected chi connectivity index (χ1v) is 5.21. The third-order valence-corrected chi connectivity index (χ3v) is 2.21. The van der Waals surface area contributed by atoms with Gasteiger partial charge in [0, 0.05) is 32.9 Å². The molecule has 0 saturated heterocycles. The van der Waals surface area contributed by atoms with Crippen molar-refractivity contribution in [2.45, 2.75) is 13.5 Å². The number of nitrogens with zero attached hydrogens (tertiary/aromatic N) is 1. The second-order valence-corrected chi connectivity index (χ2v) is 4.12. The van der Waals surface area contributed by atoms with Crippen LogP contribution < -0.4 is 10.2 Å². The fourth-order valence-electron chi connectivity index (χ4n) is 1.33. The molecule has 0 aliphatic rings. The summed E-state index contributed by atoms with van der Waals surface area (Å²) in [7, 11) is 4.10. The number of anilines is 1. The van der Waals surface area contributed by atoms with Crippen LogP contribution in [0.15, 0.2) is 36.4 Å². The zero-order valence-electron chi connectivity index (χ0n) is 9.88. The third-order valence-electron chi connectivity index (χ3n) is 2.21. The van der Waals surface area contributed by atoms with Gasteiger partial charge < -0.3 is 10.2 Å². The lowest BCUT2D eigenvalue weighted by atomic mass is 10.2. The van der Waals surface area contributed by atoms with E-state index in [1.807, 2.05) is 21.0 Å². The average molecular weight is 204 g/mol. The normalized spacial score (nSPS) is 10.1. The van der Waals surface area contributed by atoms with Crippen molar-refractivity contribution in [2.24, 2.45) is 0 Å². The molecule has 0 atom stereocenters. The van der Waals surface area contributed by atoms with Gasteiger partial charge in [-0.05, 0) is 24.6 Å². The van der Waals surface area contributed by atoms with Gasteiger partial charge >= 0.3 is 0 Å².